The third-order valence-electron chi connectivity index (χ3n) is 5.36. The molecule has 2 aromatic heterocycles. The van der Waals surface area contributed by atoms with Gasteiger partial charge in [-0.15, -0.1) is 0 Å². The minimum atomic E-state index is -0.235. The molecule has 34 heavy (non-hydrogen) atoms. The van der Waals surface area contributed by atoms with Gasteiger partial charge in [0.2, 0.25) is 0 Å². The molecule has 1 aliphatic rings. The largest absolute Gasteiger partial charge is 0.463 e. The number of benzene rings is 2. The van der Waals surface area contributed by atoms with Gasteiger partial charge in [-0.1, -0.05) is 0 Å². The third-order valence-corrected chi connectivity index (χ3v) is 5.36. The lowest BCUT2D eigenvalue weighted by atomic mass is 10.1. The predicted octanol–water partition coefficient (Wildman–Crippen LogP) is 4.34. The summed E-state index contributed by atoms with van der Waals surface area (Å²) in [4.78, 5) is 17.4. The molecule has 0 saturated heterocycles. The number of amidine groups is 1. The molecular formula is C25H24N6O3. The molecule has 0 radical (unpaired) electrons. The maximum absolute atomic E-state index is 9.24. The van der Waals surface area contributed by atoms with Crippen LogP contribution in [0.1, 0.15) is 11.3 Å². The zero-order valence-electron chi connectivity index (χ0n) is 18.8. The number of fused-ring (bicyclic) bond motifs is 1. The molecule has 9 nitrogen and oxygen atoms in total. The van der Waals surface area contributed by atoms with Crippen LogP contribution in [0.25, 0.3) is 10.9 Å². The van der Waals surface area contributed by atoms with Crippen LogP contribution in [0.5, 0.6) is 11.5 Å². The van der Waals surface area contributed by atoms with Gasteiger partial charge in [-0.2, -0.15) is 0 Å². The number of ether oxygens (including phenoxy) is 2. The first kappa shape index (κ1) is 21.6. The number of aliphatic imine (C=N–C) groups is 1. The number of nitrogens with one attached hydrogen (secondary N) is 2. The van der Waals surface area contributed by atoms with Gasteiger partial charge in [-0.3, -0.25) is 4.98 Å². The van der Waals surface area contributed by atoms with E-state index in [1.807, 2.05) is 62.4 Å². The first-order chi connectivity index (χ1) is 16.6. The van der Waals surface area contributed by atoms with E-state index >= 15 is 0 Å². The van der Waals surface area contributed by atoms with E-state index in [-0.39, 0.29) is 12.6 Å². The summed E-state index contributed by atoms with van der Waals surface area (Å²) in [5.74, 6) is 2.12. The van der Waals surface area contributed by atoms with Gasteiger partial charge in [0.15, 0.2) is 0 Å². The van der Waals surface area contributed by atoms with Crippen LogP contribution < -0.4 is 15.4 Å². The standard InChI is InChI=1S/C25H24N6O3/c1-15-9-17(5-8-23(15)34-20-6-3-16(2)26-11-20)29-24-21-10-18(4-7-22(21)27-14-28-24)30-25-31-19(12-32)13-33-25/h3-11,14,19,32H,12-13H2,1-2H3,(H,30,31)(H,27,28,29). The Morgan fingerprint density at radius 2 is 1.85 bits per heavy atom. The summed E-state index contributed by atoms with van der Waals surface area (Å²) < 4.78 is 11.5. The van der Waals surface area contributed by atoms with Crippen LogP contribution in [0.2, 0.25) is 0 Å². The van der Waals surface area contributed by atoms with Gasteiger partial charge in [0.25, 0.3) is 6.02 Å². The molecule has 1 unspecified atom stereocenters. The molecule has 9 heteroatoms. The summed E-state index contributed by atoms with van der Waals surface area (Å²) in [5, 5.41) is 16.6. The molecule has 4 aromatic rings. The first-order valence-corrected chi connectivity index (χ1v) is 10.9. The Kier molecular flexibility index (Phi) is 5.92. The lowest BCUT2D eigenvalue weighted by Gasteiger charge is -2.13. The van der Waals surface area contributed by atoms with Crippen molar-refractivity contribution in [3.05, 3.63) is 72.3 Å². The highest BCUT2D eigenvalue weighted by Gasteiger charge is 2.18. The lowest BCUT2D eigenvalue weighted by molar-refractivity contribution is 0.227. The average Bonchev–Trinajstić information content (AvgIpc) is 3.30. The number of aliphatic hydroxyl groups excluding tert-OH is 1. The molecule has 0 aliphatic carbocycles. The third kappa shape index (κ3) is 4.74. The number of hydrogen-bond acceptors (Lipinski definition) is 9. The zero-order chi connectivity index (χ0) is 23.5. The number of aliphatic hydroxyl groups is 1. The van der Waals surface area contributed by atoms with E-state index in [1.54, 1.807) is 6.20 Å². The van der Waals surface area contributed by atoms with Crippen molar-refractivity contribution in [1.29, 1.82) is 0 Å². The molecular weight excluding hydrogens is 432 g/mol. The summed E-state index contributed by atoms with van der Waals surface area (Å²) in [7, 11) is 0. The smallest absolute Gasteiger partial charge is 0.289 e. The van der Waals surface area contributed by atoms with E-state index in [1.165, 1.54) is 6.33 Å². The maximum atomic E-state index is 9.24. The summed E-state index contributed by atoms with van der Waals surface area (Å²) in [6, 6.07) is 15.6. The van der Waals surface area contributed by atoms with Crippen molar-refractivity contribution < 1.29 is 14.6 Å². The Labute approximate surface area is 196 Å². The highest BCUT2D eigenvalue weighted by atomic mass is 16.5. The van der Waals surface area contributed by atoms with E-state index in [9.17, 15) is 5.11 Å². The van der Waals surface area contributed by atoms with E-state index in [2.05, 4.69) is 30.6 Å². The molecule has 0 fully saturated rings. The fraction of sp³-hybridized carbons (Fsp3) is 0.200. The monoisotopic (exact) mass is 456 g/mol. The molecule has 5 rings (SSSR count). The highest BCUT2D eigenvalue weighted by Crippen LogP contribution is 2.30. The van der Waals surface area contributed by atoms with E-state index in [0.717, 1.165) is 39.3 Å². The average molecular weight is 457 g/mol. The summed E-state index contributed by atoms with van der Waals surface area (Å²) in [6.07, 6.45) is 3.24. The van der Waals surface area contributed by atoms with Crippen LogP contribution in [0.15, 0.2) is 66.0 Å². The van der Waals surface area contributed by atoms with Crippen LogP contribution >= 0.6 is 0 Å². The lowest BCUT2D eigenvalue weighted by Crippen LogP contribution is -2.12. The zero-order valence-corrected chi connectivity index (χ0v) is 18.8. The Morgan fingerprint density at radius 1 is 1.00 bits per heavy atom. The van der Waals surface area contributed by atoms with Crippen LogP contribution in [-0.2, 0) is 4.74 Å². The molecule has 0 amide bonds. The van der Waals surface area contributed by atoms with Crippen LogP contribution in [-0.4, -0.2) is 45.3 Å². The maximum Gasteiger partial charge on any atom is 0.289 e. The molecule has 172 valence electrons. The van der Waals surface area contributed by atoms with Crippen molar-refractivity contribution >= 4 is 34.1 Å². The molecule has 3 N–H and O–H groups in total. The molecule has 0 spiro atoms. The number of aryl methyl sites for hydroxylation is 2. The van der Waals surface area contributed by atoms with Gasteiger partial charge in [-0.25, -0.2) is 15.0 Å². The second kappa shape index (κ2) is 9.32. The fourth-order valence-electron chi connectivity index (χ4n) is 3.55. The van der Waals surface area contributed by atoms with Gasteiger partial charge < -0.3 is 25.2 Å². The van der Waals surface area contributed by atoms with Crippen molar-refractivity contribution in [2.24, 2.45) is 4.99 Å². The Hall–Kier alpha value is -4.24. The van der Waals surface area contributed by atoms with Gasteiger partial charge in [-0.05, 0) is 67.9 Å². The number of aromatic nitrogens is 3. The molecule has 1 aliphatic heterocycles. The number of anilines is 3. The van der Waals surface area contributed by atoms with Gasteiger partial charge in [0.05, 0.1) is 18.3 Å². The van der Waals surface area contributed by atoms with E-state index in [4.69, 9.17) is 9.47 Å². The number of rotatable bonds is 6. The minimum absolute atomic E-state index is 0.0457. The van der Waals surface area contributed by atoms with Gasteiger partial charge in [0, 0.05) is 22.5 Å². The summed E-state index contributed by atoms with van der Waals surface area (Å²) >= 11 is 0. The Bertz CT molecular complexity index is 1360. The Balaban J connectivity index is 1.36. The van der Waals surface area contributed by atoms with Gasteiger partial charge in [0.1, 0.15) is 36.3 Å². The summed E-state index contributed by atoms with van der Waals surface area (Å²) in [6.45, 7) is 4.25. The number of hydrogen-bond donors (Lipinski definition) is 3. The van der Waals surface area contributed by atoms with Crippen LogP contribution in [0, 0.1) is 13.8 Å². The highest BCUT2D eigenvalue weighted by molar-refractivity contribution is 5.97. The molecule has 3 heterocycles. The van der Waals surface area contributed by atoms with Crippen LogP contribution in [0.3, 0.4) is 0 Å². The van der Waals surface area contributed by atoms with E-state index in [0.29, 0.717) is 24.2 Å². The van der Waals surface area contributed by atoms with Gasteiger partial charge >= 0.3 is 0 Å². The summed E-state index contributed by atoms with van der Waals surface area (Å²) in [5.41, 5.74) is 4.38. The quantitative estimate of drug-likeness (QED) is 0.393. The fourth-order valence-corrected chi connectivity index (χ4v) is 3.55. The van der Waals surface area contributed by atoms with Crippen molar-refractivity contribution in [2.75, 3.05) is 23.8 Å². The molecule has 0 bridgehead atoms. The number of pyridine rings is 1. The molecule has 1 atom stereocenters. The molecule has 2 aromatic carbocycles. The SMILES string of the molecule is Cc1ccc(Oc2ccc(Nc3ncnc4ccc(NC5=NC(CO)CO5)cc34)cc2C)cn1. The van der Waals surface area contributed by atoms with Crippen molar-refractivity contribution in [1.82, 2.24) is 15.0 Å². The topological polar surface area (TPSA) is 114 Å². The second-order valence-corrected chi connectivity index (χ2v) is 8.00. The normalized spacial score (nSPS) is 15.0. The van der Waals surface area contributed by atoms with Crippen molar-refractivity contribution in [3.63, 3.8) is 0 Å². The second-order valence-electron chi connectivity index (χ2n) is 8.00. The molecule has 0 saturated carbocycles. The van der Waals surface area contributed by atoms with Crippen molar-refractivity contribution in [2.45, 2.75) is 19.9 Å². The van der Waals surface area contributed by atoms with E-state index < -0.39 is 0 Å². The first-order valence-electron chi connectivity index (χ1n) is 10.9. The Morgan fingerprint density at radius 3 is 2.62 bits per heavy atom. The van der Waals surface area contributed by atoms with Crippen molar-refractivity contribution in [3.8, 4) is 11.5 Å². The van der Waals surface area contributed by atoms with Crippen LogP contribution in [0.4, 0.5) is 17.2 Å². The predicted molar refractivity (Wildman–Crippen MR) is 131 cm³/mol. The minimum Gasteiger partial charge on any atom is -0.463 e. The number of nitrogens with zero attached hydrogens (tertiary/aromatic N) is 4.